The van der Waals surface area contributed by atoms with Crippen LogP contribution >= 0.6 is 22.9 Å². The van der Waals surface area contributed by atoms with Gasteiger partial charge in [0.2, 0.25) is 5.91 Å². The van der Waals surface area contributed by atoms with Crippen LogP contribution in [0.1, 0.15) is 28.8 Å². The zero-order valence-electron chi connectivity index (χ0n) is 17.9. The Morgan fingerprint density at radius 2 is 2.00 bits per heavy atom. The molecule has 2 heterocycles. The molecule has 0 atom stereocenters. The maximum absolute atomic E-state index is 13.2. The average Bonchev–Trinajstić information content (AvgIpc) is 3.27. The van der Waals surface area contributed by atoms with Crippen molar-refractivity contribution in [3.63, 3.8) is 0 Å². The highest BCUT2D eigenvalue weighted by atomic mass is 35.5. The predicted octanol–water partition coefficient (Wildman–Crippen LogP) is 5.35. The Bertz CT molecular complexity index is 1430. The molecule has 7 nitrogen and oxygen atoms in total. The van der Waals surface area contributed by atoms with E-state index in [1.165, 1.54) is 23.5 Å². The third-order valence-electron chi connectivity index (χ3n) is 5.95. The molecule has 2 aromatic carbocycles. The van der Waals surface area contributed by atoms with Gasteiger partial charge in [0.1, 0.15) is 5.41 Å². The van der Waals surface area contributed by atoms with Crippen molar-refractivity contribution in [2.75, 3.05) is 5.32 Å². The molecule has 1 aliphatic carbocycles. The molecular formula is C23H17ClF3N5O2S. The lowest BCUT2D eigenvalue weighted by molar-refractivity contribution is -0.192. The highest BCUT2D eigenvalue weighted by Crippen LogP contribution is 2.57. The van der Waals surface area contributed by atoms with Gasteiger partial charge in [0.25, 0.3) is 5.91 Å². The minimum absolute atomic E-state index is 0.124. The lowest BCUT2D eigenvalue weighted by atomic mass is 10.1. The first-order chi connectivity index (χ1) is 16.7. The standard InChI is InChI=1S/C23H17ClF3N5O2S/c24-16-5-4-13(9-28-21(34)22(6-7-22)23(25,26)27)8-14(16)20(33)31-17-2-1-3-18-15(17)10-30-32(18)19-11-35-12-29-19/h1-5,8,10-12H,6-7,9H2,(H,28,34)(H,31,33). The van der Waals surface area contributed by atoms with Gasteiger partial charge in [-0.2, -0.15) is 18.3 Å². The van der Waals surface area contributed by atoms with Crippen LogP contribution in [0.25, 0.3) is 16.7 Å². The summed E-state index contributed by atoms with van der Waals surface area (Å²) in [5.74, 6) is -0.912. The summed E-state index contributed by atoms with van der Waals surface area (Å²) in [7, 11) is 0. The Kier molecular flexibility index (Phi) is 5.76. The maximum Gasteiger partial charge on any atom is 0.403 e. The van der Waals surface area contributed by atoms with E-state index in [9.17, 15) is 22.8 Å². The molecule has 12 heteroatoms. The zero-order chi connectivity index (χ0) is 24.8. The number of halogens is 4. The normalized spacial score (nSPS) is 14.6. The van der Waals surface area contributed by atoms with Crippen molar-refractivity contribution in [2.45, 2.75) is 25.6 Å². The summed E-state index contributed by atoms with van der Waals surface area (Å²) in [6.45, 7) is -0.163. The van der Waals surface area contributed by atoms with E-state index in [-0.39, 0.29) is 30.0 Å². The van der Waals surface area contributed by atoms with E-state index in [1.807, 2.05) is 11.4 Å². The molecule has 2 amide bonds. The van der Waals surface area contributed by atoms with Gasteiger partial charge in [0.05, 0.1) is 33.5 Å². The largest absolute Gasteiger partial charge is 0.403 e. The number of amides is 2. The van der Waals surface area contributed by atoms with Crippen LogP contribution in [0.3, 0.4) is 0 Å². The van der Waals surface area contributed by atoms with E-state index in [2.05, 4.69) is 20.7 Å². The Hall–Kier alpha value is -3.44. The van der Waals surface area contributed by atoms with Crippen LogP contribution in [0.5, 0.6) is 0 Å². The number of hydrogen-bond donors (Lipinski definition) is 2. The number of fused-ring (bicyclic) bond motifs is 1. The van der Waals surface area contributed by atoms with Gasteiger partial charge in [-0.25, -0.2) is 9.67 Å². The van der Waals surface area contributed by atoms with Crippen molar-refractivity contribution in [3.05, 3.63) is 69.6 Å². The van der Waals surface area contributed by atoms with Gasteiger partial charge in [-0.3, -0.25) is 9.59 Å². The van der Waals surface area contributed by atoms with Crippen LogP contribution in [0.15, 0.2) is 53.5 Å². The number of nitrogens with zero attached hydrogens (tertiary/aromatic N) is 3. The molecule has 2 N–H and O–H groups in total. The number of nitrogens with one attached hydrogen (secondary N) is 2. The summed E-state index contributed by atoms with van der Waals surface area (Å²) in [5, 5.41) is 12.2. The molecule has 2 aromatic heterocycles. The lowest BCUT2D eigenvalue weighted by Gasteiger charge is -2.18. The smallest absolute Gasteiger partial charge is 0.351 e. The van der Waals surface area contributed by atoms with Crippen LogP contribution in [-0.4, -0.2) is 32.8 Å². The highest BCUT2D eigenvalue weighted by Gasteiger charge is 2.68. The summed E-state index contributed by atoms with van der Waals surface area (Å²) in [6, 6.07) is 9.80. The fourth-order valence-corrected chi connectivity index (χ4v) is 4.53. The molecule has 1 aliphatic rings. The SMILES string of the molecule is O=C(Nc1cccc2c1cnn2-c1cscn1)c1cc(CNC(=O)C2(C(F)(F)F)CC2)ccc1Cl. The molecule has 0 bridgehead atoms. The Morgan fingerprint density at radius 3 is 2.69 bits per heavy atom. The van der Waals surface area contributed by atoms with Crippen LogP contribution in [0.2, 0.25) is 5.02 Å². The van der Waals surface area contributed by atoms with Crippen molar-refractivity contribution < 1.29 is 22.8 Å². The number of aromatic nitrogens is 3. The molecule has 4 aromatic rings. The first kappa shape index (κ1) is 23.3. The van der Waals surface area contributed by atoms with E-state index in [0.717, 1.165) is 5.52 Å². The first-order valence-corrected chi connectivity index (χ1v) is 11.8. The molecule has 0 spiro atoms. The number of hydrogen-bond acceptors (Lipinski definition) is 5. The summed E-state index contributed by atoms with van der Waals surface area (Å²) < 4.78 is 41.1. The zero-order valence-corrected chi connectivity index (χ0v) is 19.5. The fourth-order valence-electron chi connectivity index (χ4n) is 3.82. The van der Waals surface area contributed by atoms with Gasteiger partial charge in [0.15, 0.2) is 5.82 Å². The molecule has 5 rings (SSSR count). The number of benzene rings is 2. The van der Waals surface area contributed by atoms with Crippen molar-refractivity contribution in [2.24, 2.45) is 5.41 Å². The molecular weight excluding hydrogens is 503 g/mol. The second-order valence-corrected chi connectivity index (χ2v) is 9.30. The van der Waals surface area contributed by atoms with E-state index in [4.69, 9.17) is 11.6 Å². The van der Waals surface area contributed by atoms with Gasteiger partial charge in [-0.1, -0.05) is 23.7 Å². The predicted molar refractivity (Wildman–Crippen MR) is 126 cm³/mol. The number of carbonyl (C=O) groups excluding carboxylic acids is 2. The first-order valence-electron chi connectivity index (χ1n) is 10.5. The molecule has 0 saturated heterocycles. The quantitative estimate of drug-likeness (QED) is 0.359. The lowest BCUT2D eigenvalue weighted by Crippen LogP contribution is -2.40. The molecule has 0 radical (unpaired) electrons. The number of rotatable bonds is 6. The molecule has 0 aliphatic heterocycles. The molecule has 1 fully saturated rings. The maximum atomic E-state index is 13.2. The Balaban J connectivity index is 1.34. The van der Waals surface area contributed by atoms with Gasteiger partial charge in [-0.05, 0) is 42.7 Å². The van der Waals surface area contributed by atoms with Crippen molar-refractivity contribution >= 4 is 51.3 Å². The fraction of sp³-hybridized carbons (Fsp3) is 0.217. The van der Waals surface area contributed by atoms with Crippen LogP contribution < -0.4 is 10.6 Å². The molecule has 180 valence electrons. The van der Waals surface area contributed by atoms with E-state index in [1.54, 1.807) is 34.6 Å². The molecule has 35 heavy (non-hydrogen) atoms. The summed E-state index contributed by atoms with van der Waals surface area (Å²) in [4.78, 5) is 29.4. The summed E-state index contributed by atoms with van der Waals surface area (Å²) >= 11 is 7.67. The van der Waals surface area contributed by atoms with Crippen molar-refractivity contribution in [1.29, 1.82) is 0 Å². The topological polar surface area (TPSA) is 88.9 Å². The third kappa shape index (κ3) is 4.25. The van der Waals surface area contributed by atoms with E-state index in [0.29, 0.717) is 22.5 Å². The van der Waals surface area contributed by atoms with Gasteiger partial charge in [0, 0.05) is 17.3 Å². The van der Waals surface area contributed by atoms with Crippen LogP contribution in [0, 0.1) is 5.41 Å². The average molecular weight is 520 g/mol. The Labute approximate surface area is 205 Å². The van der Waals surface area contributed by atoms with E-state index >= 15 is 0 Å². The van der Waals surface area contributed by atoms with Gasteiger partial charge in [-0.15, -0.1) is 11.3 Å². The number of carbonyl (C=O) groups is 2. The number of anilines is 1. The van der Waals surface area contributed by atoms with Gasteiger partial charge < -0.3 is 10.6 Å². The van der Waals surface area contributed by atoms with E-state index < -0.39 is 23.4 Å². The van der Waals surface area contributed by atoms with Crippen molar-refractivity contribution in [3.8, 4) is 5.82 Å². The molecule has 0 unspecified atom stereocenters. The van der Waals surface area contributed by atoms with Crippen molar-refractivity contribution in [1.82, 2.24) is 20.1 Å². The number of alkyl halides is 3. The minimum Gasteiger partial charge on any atom is -0.351 e. The summed E-state index contributed by atoms with van der Waals surface area (Å²) in [6.07, 6.45) is -3.41. The Morgan fingerprint density at radius 1 is 1.20 bits per heavy atom. The van der Waals surface area contributed by atoms with Gasteiger partial charge >= 0.3 is 6.18 Å². The monoisotopic (exact) mass is 519 g/mol. The second-order valence-electron chi connectivity index (χ2n) is 8.17. The minimum atomic E-state index is -4.59. The number of thiazole rings is 1. The third-order valence-corrected chi connectivity index (χ3v) is 6.86. The van der Waals surface area contributed by atoms with Crippen LogP contribution in [0.4, 0.5) is 18.9 Å². The van der Waals surface area contributed by atoms with Crippen LogP contribution in [-0.2, 0) is 11.3 Å². The summed E-state index contributed by atoms with van der Waals surface area (Å²) in [5.41, 5.74) is 1.21. The second kappa shape index (κ2) is 8.65. The molecule has 1 saturated carbocycles. The highest BCUT2D eigenvalue weighted by molar-refractivity contribution is 7.07.